The standard InChI is InChI=1S/C8H16O3S2/c1-7(2,5-9)12-13-8(3,4)6(10)11/h9H,5H2,1-4H3,(H,10,11). The zero-order valence-corrected chi connectivity index (χ0v) is 9.96. The van der Waals surface area contributed by atoms with Crippen LogP contribution in [0.2, 0.25) is 0 Å². The lowest BCUT2D eigenvalue weighted by molar-refractivity contribution is -0.138. The summed E-state index contributed by atoms with van der Waals surface area (Å²) in [4.78, 5) is 10.7. The fourth-order valence-corrected chi connectivity index (χ4v) is 2.51. The number of carbonyl (C=O) groups is 1. The fraction of sp³-hybridized carbons (Fsp3) is 0.875. The molecule has 0 aromatic carbocycles. The van der Waals surface area contributed by atoms with Crippen LogP contribution >= 0.6 is 21.6 Å². The number of rotatable bonds is 5. The number of carboxylic acids is 1. The Morgan fingerprint density at radius 1 is 1.23 bits per heavy atom. The average Bonchev–Trinajstić information content (AvgIpc) is 2.01. The topological polar surface area (TPSA) is 57.5 Å². The van der Waals surface area contributed by atoms with Gasteiger partial charge in [0.1, 0.15) is 4.75 Å². The summed E-state index contributed by atoms with van der Waals surface area (Å²) < 4.78 is -1.10. The molecule has 78 valence electrons. The Morgan fingerprint density at radius 3 is 2.00 bits per heavy atom. The van der Waals surface area contributed by atoms with Crippen molar-refractivity contribution >= 4 is 27.6 Å². The van der Waals surface area contributed by atoms with Crippen LogP contribution in [0.25, 0.3) is 0 Å². The highest BCUT2D eigenvalue weighted by Crippen LogP contribution is 2.43. The van der Waals surface area contributed by atoms with Crippen molar-refractivity contribution < 1.29 is 15.0 Å². The quantitative estimate of drug-likeness (QED) is 0.700. The number of aliphatic hydroxyl groups excluding tert-OH is 1. The summed E-state index contributed by atoms with van der Waals surface area (Å²) in [5.41, 5.74) is 0. The van der Waals surface area contributed by atoms with Crippen LogP contribution in [-0.4, -0.2) is 32.3 Å². The van der Waals surface area contributed by atoms with E-state index in [1.54, 1.807) is 13.8 Å². The number of hydrogen-bond donors (Lipinski definition) is 2. The van der Waals surface area contributed by atoms with Crippen molar-refractivity contribution in [3.8, 4) is 0 Å². The second-order valence-electron chi connectivity index (χ2n) is 3.90. The predicted octanol–water partition coefficient (Wildman–Crippen LogP) is 2.00. The van der Waals surface area contributed by atoms with Crippen molar-refractivity contribution in [2.24, 2.45) is 0 Å². The summed E-state index contributed by atoms with van der Waals surface area (Å²) >= 11 is 0. The summed E-state index contributed by atoms with van der Waals surface area (Å²) in [5, 5.41) is 17.8. The maximum absolute atomic E-state index is 10.7. The smallest absolute Gasteiger partial charge is 0.320 e. The summed E-state index contributed by atoms with van der Waals surface area (Å²) in [6.45, 7) is 7.10. The molecular weight excluding hydrogens is 208 g/mol. The molecule has 0 saturated carbocycles. The highest BCUT2D eigenvalue weighted by atomic mass is 33.1. The molecule has 0 aromatic heterocycles. The van der Waals surface area contributed by atoms with E-state index < -0.39 is 10.7 Å². The Morgan fingerprint density at radius 2 is 1.69 bits per heavy atom. The van der Waals surface area contributed by atoms with Gasteiger partial charge in [-0.15, -0.1) is 0 Å². The highest BCUT2D eigenvalue weighted by molar-refractivity contribution is 8.77. The molecule has 0 saturated heterocycles. The first-order valence-corrected chi connectivity index (χ1v) is 6.07. The second kappa shape index (κ2) is 4.57. The number of hydrogen-bond acceptors (Lipinski definition) is 4. The van der Waals surface area contributed by atoms with Crippen LogP contribution in [0.15, 0.2) is 0 Å². The van der Waals surface area contributed by atoms with Gasteiger partial charge in [0.25, 0.3) is 0 Å². The summed E-state index contributed by atoms with van der Waals surface area (Å²) in [6, 6.07) is 0. The molecule has 0 heterocycles. The van der Waals surface area contributed by atoms with Crippen LogP contribution in [0.5, 0.6) is 0 Å². The molecule has 0 atom stereocenters. The molecule has 0 aliphatic heterocycles. The Labute approximate surface area is 86.7 Å². The van der Waals surface area contributed by atoms with E-state index >= 15 is 0 Å². The molecule has 0 amide bonds. The summed E-state index contributed by atoms with van der Waals surface area (Å²) in [6.07, 6.45) is 0. The first-order valence-electron chi connectivity index (χ1n) is 3.92. The molecule has 0 fully saturated rings. The van der Waals surface area contributed by atoms with Gasteiger partial charge in [0.15, 0.2) is 0 Å². The lowest BCUT2D eigenvalue weighted by Gasteiger charge is -2.25. The maximum atomic E-state index is 10.7. The van der Waals surface area contributed by atoms with Gasteiger partial charge in [-0.05, 0) is 27.7 Å². The highest BCUT2D eigenvalue weighted by Gasteiger charge is 2.31. The molecule has 0 unspecified atom stereocenters. The van der Waals surface area contributed by atoms with Crippen LogP contribution in [-0.2, 0) is 4.79 Å². The minimum atomic E-state index is -0.835. The van der Waals surface area contributed by atoms with Crippen LogP contribution in [0.1, 0.15) is 27.7 Å². The van der Waals surface area contributed by atoms with Crippen molar-refractivity contribution in [2.75, 3.05) is 6.61 Å². The lowest BCUT2D eigenvalue weighted by atomic mass is 10.2. The van der Waals surface area contributed by atoms with Crippen LogP contribution in [0.4, 0.5) is 0 Å². The van der Waals surface area contributed by atoms with Gasteiger partial charge in [-0.2, -0.15) is 0 Å². The monoisotopic (exact) mass is 224 g/mol. The average molecular weight is 224 g/mol. The van der Waals surface area contributed by atoms with Crippen molar-refractivity contribution in [3.05, 3.63) is 0 Å². The van der Waals surface area contributed by atoms with Gasteiger partial charge >= 0.3 is 5.97 Å². The Kier molecular flexibility index (Phi) is 4.62. The van der Waals surface area contributed by atoms with Crippen molar-refractivity contribution in [1.82, 2.24) is 0 Å². The number of aliphatic hydroxyl groups is 1. The Hall–Kier alpha value is 0.130. The molecule has 5 heteroatoms. The van der Waals surface area contributed by atoms with Gasteiger partial charge < -0.3 is 10.2 Å². The molecule has 13 heavy (non-hydrogen) atoms. The molecule has 0 bridgehead atoms. The zero-order valence-electron chi connectivity index (χ0n) is 8.33. The number of carboxylic acid groups (broad SMARTS) is 1. The van der Waals surface area contributed by atoms with Crippen LogP contribution in [0.3, 0.4) is 0 Å². The van der Waals surface area contributed by atoms with Gasteiger partial charge in [0.2, 0.25) is 0 Å². The van der Waals surface area contributed by atoms with E-state index in [0.29, 0.717) is 0 Å². The Bertz CT molecular complexity index is 190. The number of aliphatic carboxylic acids is 1. The third kappa shape index (κ3) is 4.78. The first kappa shape index (κ1) is 13.1. The van der Waals surface area contributed by atoms with Gasteiger partial charge in [0.05, 0.1) is 6.61 Å². The van der Waals surface area contributed by atoms with E-state index in [-0.39, 0.29) is 11.4 Å². The van der Waals surface area contributed by atoms with Crippen LogP contribution < -0.4 is 0 Å². The molecule has 0 radical (unpaired) electrons. The van der Waals surface area contributed by atoms with E-state index in [1.165, 1.54) is 21.6 Å². The molecule has 0 aromatic rings. The lowest BCUT2D eigenvalue weighted by Crippen LogP contribution is -2.28. The SMILES string of the molecule is CC(C)(CO)SSC(C)(C)C(=O)O. The molecule has 2 N–H and O–H groups in total. The van der Waals surface area contributed by atoms with Crippen molar-refractivity contribution in [2.45, 2.75) is 37.2 Å². The second-order valence-corrected chi connectivity index (χ2v) is 7.36. The minimum absolute atomic E-state index is 0.0420. The Balaban J connectivity index is 4.09. The normalized spacial score (nSPS) is 13.0. The minimum Gasteiger partial charge on any atom is -0.480 e. The molecule has 0 aliphatic carbocycles. The van der Waals surface area contributed by atoms with Gasteiger partial charge in [-0.25, -0.2) is 0 Å². The fourth-order valence-electron chi connectivity index (χ4n) is 0.279. The first-order chi connectivity index (χ1) is 5.71. The maximum Gasteiger partial charge on any atom is 0.320 e. The summed E-state index contributed by atoms with van der Waals surface area (Å²) in [5.74, 6) is -0.835. The van der Waals surface area contributed by atoms with Crippen molar-refractivity contribution in [1.29, 1.82) is 0 Å². The van der Waals surface area contributed by atoms with E-state index in [4.69, 9.17) is 10.2 Å². The van der Waals surface area contributed by atoms with E-state index in [9.17, 15) is 4.79 Å². The third-order valence-electron chi connectivity index (χ3n) is 1.37. The van der Waals surface area contributed by atoms with Gasteiger partial charge in [0, 0.05) is 4.75 Å². The predicted molar refractivity (Wildman–Crippen MR) is 58.1 cm³/mol. The van der Waals surface area contributed by atoms with Crippen LogP contribution in [0, 0.1) is 0 Å². The van der Waals surface area contributed by atoms with E-state index in [0.717, 1.165) is 0 Å². The molecular formula is C8H16O3S2. The van der Waals surface area contributed by atoms with E-state index in [1.807, 2.05) is 13.8 Å². The largest absolute Gasteiger partial charge is 0.480 e. The molecule has 0 rings (SSSR count). The van der Waals surface area contributed by atoms with Crippen molar-refractivity contribution in [3.63, 3.8) is 0 Å². The molecule has 0 spiro atoms. The molecule has 3 nitrogen and oxygen atoms in total. The zero-order chi connectivity index (χ0) is 10.7. The van der Waals surface area contributed by atoms with Gasteiger partial charge in [-0.3, -0.25) is 4.79 Å². The summed E-state index contributed by atoms with van der Waals surface area (Å²) in [7, 11) is 2.68. The van der Waals surface area contributed by atoms with Gasteiger partial charge in [-0.1, -0.05) is 21.6 Å². The molecule has 0 aliphatic rings. The third-order valence-corrected chi connectivity index (χ3v) is 5.48. The van der Waals surface area contributed by atoms with E-state index in [2.05, 4.69) is 0 Å².